The van der Waals surface area contributed by atoms with Gasteiger partial charge in [0.1, 0.15) is 0 Å². The maximum Gasteiger partial charge on any atom is 0.0590 e. The molecule has 0 amide bonds. The molecule has 0 aromatic carbocycles. The van der Waals surface area contributed by atoms with Gasteiger partial charge in [-0.3, -0.25) is 0 Å². The number of likely N-dealkylation sites (tertiary alicyclic amines) is 1. The van der Waals surface area contributed by atoms with E-state index in [1.54, 1.807) is 0 Å². The molecular weight excluding hydrogens is 188 g/mol. The molecule has 1 rings (SSSR count). The molecule has 1 fully saturated rings. The number of hydrogen-bond acceptors (Lipinski definition) is 3. The summed E-state index contributed by atoms with van der Waals surface area (Å²) in [5.41, 5.74) is 0. The van der Waals surface area contributed by atoms with Gasteiger partial charge in [0.15, 0.2) is 0 Å². The molecule has 0 saturated carbocycles. The van der Waals surface area contributed by atoms with Crippen LogP contribution in [0, 0.1) is 11.8 Å². The highest BCUT2D eigenvalue weighted by Gasteiger charge is 2.24. The van der Waals surface area contributed by atoms with Crippen LogP contribution in [0.5, 0.6) is 0 Å². The second kappa shape index (κ2) is 6.46. The van der Waals surface area contributed by atoms with Crippen molar-refractivity contribution in [3.05, 3.63) is 0 Å². The Balaban J connectivity index is 2.21. The molecule has 1 aliphatic rings. The van der Waals surface area contributed by atoms with Crippen LogP contribution >= 0.6 is 0 Å². The Labute approximate surface area is 93.9 Å². The van der Waals surface area contributed by atoms with Crippen LogP contribution in [0.4, 0.5) is 0 Å². The summed E-state index contributed by atoms with van der Waals surface area (Å²) >= 11 is 0. The number of aliphatic hydroxyl groups is 1. The largest absolute Gasteiger partial charge is 0.393 e. The number of piperidine rings is 1. The Kier molecular flexibility index (Phi) is 5.58. The van der Waals surface area contributed by atoms with Gasteiger partial charge in [0.25, 0.3) is 0 Å². The SMILES string of the molecule is CCNCC(C)CN1CCC(O)C(C)C1. The van der Waals surface area contributed by atoms with Crippen molar-refractivity contribution in [2.75, 3.05) is 32.7 Å². The summed E-state index contributed by atoms with van der Waals surface area (Å²) in [6, 6.07) is 0. The first kappa shape index (κ1) is 12.9. The van der Waals surface area contributed by atoms with Gasteiger partial charge in [-0.25, -0.2) is 0 Å². The molecule has 3 nitrogen and oxygen atoms in total. The molecule has 0 bridgehead atoms. The summed E-state index contributed by atoms with van der Waals surface area (Å²) in [6.07, 6.45) is 0.861. The number of hydrogen-bond donors (Lipinski definition) is 2. The molecule has 1 saturated heterocycles. The molecule has 0 spiro atoms. The van der Waals surface area contributed by atoms with Crippen molar-refractivity contribution in [2.24, 2.45) is 11.8 Å². The Morgan fingerprint density at radius 3 is 2.87 bits per heavy atom. The molecule has 0 aromatic rings. The van der Waals surface area contributed by atoms with E-state index < -0.39 is 0 Å². The van der Waals surface area contributed by atoms with Crippen molar-refractivity contribution in [3.63, 3.8) is 0 Å². The van der Waals surface area contributed by atoms with Gasteiger partial charge in [0, 0.05) is 19.6 Å². The lowest BCUT2D eigenvalue weighted by molar-refractivity contribution is 0.0301. The van der Waals surface area contributed by atoms with E-state index in [4.69, 9.17) is 0 Å². The maximum absolute atomic E-state index is 9.63. The summed E-state index contributed by atoms with van der Waals surface area (Å²) in [6.45, 7) is 12.0. The highest BCUT2D eigenvalue weighted by Crippen LogP contribution is 2.17. The minimum absolute atomic E-state index is 0.0784. The van der Waals surface area contributed by atoms with Crippen LogP contribution in [0.3, 0.4) is 0 Å². The van der Waals surface area contributed by atoms with E-state index in [-0.39, 0.29) is 6.10 Å². The van der Waals surface area contributed by atoms with Crippen LogP contribution < -0.4 is 5.32 Å². The molecule has 1 heterocycles. The lowest BCUT2D eigenvalue weighted by Crippen LogP contribution is -2.44. The van der Waals surface area contributed by atoms with Crippen molar-refractivity contribution in [1.82, 2.24) is 10.2 Å². The fourth-order valence-corrected chi connectivity index (χ4v) is 2.28. The van der Waals surface area contributed by atoms with Gasteiger partial charge in [-0.1, -0.05) is 20.8 Å². The minimum Gasteiger partial charge on any atom is -0.393 e. The summed E-state index contributed by atoms with van der Waals surface area (Å²) in [4.78, 5) is 2.49. The van der Waals surface area contributed by atoms with Gasteiger partial charge in [0.05, 0.1) is 6.10 Å². The Morgan fingerprint density at radius 1 is 1.53 bits per heavy atom. The predicted octanol–water partition coefficient (Wildman–Crippen LogP) is 0.935. The molecule has 90 valence electrons. The summed E-state index contributed by atoms with van der Waals surface area (Å²) in [5.74, 6) is 1.14. The fraction of sp³-hybridized carbons (Fsp3) is 1.00. The second-order valence-corrected chi connectivity index (χ2v) is 5.01. The zero-order chi connectivity index (χ0) is 11.3. The number of rotatable bonds is 5. The van der Waals surface area contributed by atoms with Crippen molar-refractivity contribution in [1.29, 1.82) is 0 Å². The zero-order valence-corrected chi connectivity index (χ0v) is 10.4. The van der Waals surface area contributed by atoms with Gasteiger partial charge in [-0.15, -0.1) is 0 Å². The van der Waals surface area contributed by atoms with E-state index in [0.717, 1.165) is 39.1 Å². The Hall–Kier alpha value is -0.120. The first-order valence-electron chi connectivity index (χ1n) is 6.24. The highest BCUT2D eigenvalue weighted by molar-refractivity contribution is 4.78. The molecule has 3 atom stereocenters. The van der Waals surface area contributed by atoms with Crippen molar-refractivity contribution >= 4 is 0 Å². The normalized spacial score (nSPS) is 30.4. The maximum atomic E-state index is 9.63. The van der Waals surface area contributed by atoms with Gasteiger partial charge in [0.2, 0.25) is 0 Å². The van der Waals surface area contributed by atoms with E-state index in [0.29, 0.717) is 11.8 Å². The number of aliphatic hydroxyl groups excluding tert-OH is 1. The third kappa shape index (κ3) is 4.49. The average Bonchev–Trinajstić information content (AvgIpc) is 2.20. The van der Waals surface area contributed by atoms with Gasteiger partial charge in [-0.2, -0.15) is 0 Å². The third-order valence-electron chi connectivity index (χ3n) is 3.26. The first-order chi connectivity index (χ1) is 7.13. The smallest absolute Gasteiger partial charge is 0.0590 e. The molecule has 2 N–H and O–H groups in total. The van der Waals surface area contributed by atoms with Crippen LogP contribution in [0.2, 0.25) is 0 Å². The van der Waals surface area contributed by atoms with Gasteiger partial charge >= 0.3 is 0 Å². The van der Waals surface area contributed by atoms with E-state index in [9.17, 15) is 5.11 Å². The molecule has 1 aliphatic heterocycles. The third-order valence-corrected chi connectivity index (χ3v) is 3.26. The standard InChI is InChI=1S/C12H26N2O/c1-4-13-7-10(2)8-14-6-5-12(15)11(3)9-14/h10-13,15H,4-9H2,1-3H3. The molecular formula is C12H26N2O. The van der Waals surface area contributed by atoms with Crippen molar-refractivity contribution in [2.45, 2.75) is 33.3 Å². The van der Waals surface area contributed by atoms with E-state index in [2.05, 4.69) is 31.0 Å². The van der Waals surface area contributed by atoms with Crippen molar-refractivity contribution < 1.29 is 5.11 Å². The first-order valence-corrected chi connectivity index (χ1v) is 6.24. The molecule has 3 unspecified atom stereocenters. The van der Waals surface area contributed by atoms with Crippen LogP contribution in [-0.4, -0.2) is 48.8 Å². The second-order valence-electron chi connectivity index (χ2n) is 5.01. The predicted molar refractivity (Wildman–Crippen MR) is 63.9 cm³/mol. The van der Waals surface area contributed by atoms with Gasteiger partial charge < -0.3 is 15.3 Å². The molecule has 3 heteroatoms. The van der Waals surface area contributed by atoms with Crippen LogP contribution in [-0.2, 0) is 0 Å². The monoisotopic (exact) mass is 214 g/mol. The lowest BCUT2D eigenvalue weighted by Gasteiger charge is -2.35. The number of nitrogens with zero attached hydrogens (tertiary/aromatic N) is 1. The molecule has 0 aromatic heterocycles. The highest BCUT2D eigenvalue weighted by atomic mass is 16.3. The molecule has 0 aliphatic carbocycles. The quantitative estimate of drug-likeness (QED) is 0.715. The topological polar surface area (TPSA) is 35.5 Å². The van der Waals surface area contributed by atoms with Crippen LogP contribution in [0.1, 0.15) is 27.2 Å². The average molecular weight is 214 g/mol. The number of nitrogens with one attached hydrogen (secondary N) is 1. The lowest BCUT2D eigenvalue weighted by atomic mass is 9.96. The Morgan fingerprint density at radius 2 is 2.27 bits per heavy atom. The Bertz CT molecular complexity index is 175. The summed E-state index contributed by atoms with van der Waals surface area (Å²) < 4.78 is 0. The summed E-state index contributed by atoms with van der Waals surface area (Å²) in [5, 5.41) is 13.0. The van der Waals surface area contributed by atoms with Crippen LogP contribution in [0.15, 0.2) is 0 Å². The molecule has 0 radical (unpaired) electrons. The van der Waals surface area contributed by atoms with E-state index >= 15 is 0 Å². The van der Waals surface area contributed by atoms with Crippen molar-refractivity contribution in [3.8, 4) is 0 Å². The van der Waals surface area contributed by atoms with Gasteiger partial charge in [-0.05, 0) is 31.3 Å². The summed E-state index contributed by atoms with van der Waals surface area (Å²) in [7, 11) is 0. The van der Waals surface area contributed by atoms with E-state index in [1.807, 2.05) is 0 Å². The van der Waals surface area contributed by atoms with E-state index in [1.165, 1.54) is 0 Å². The van der Waals surface area contributed by atoms with Crippen LogP contribution in [0.25, 0.3) is 0 Å². The fourth-order valence-electron chi connectivity index (χ4n) is 2.28. The minimum atomic E-state index is -0.0784. The molecule has 15 heavy (non-hydrogen) atoms. The zero-order valence-electron chi connectivity index (χ0n) is 10.4.